The lowest BCUT2D eigenvalue weighted by Crippen LogP contribution is -2.47. The number of carbonyl (C=O) groups excluding carboxylic acids is 2. The van der Waals surface area contributed by atoms with Gasteiger partial charge in [-0.15, -0.1) is 0 Å². The van der Waals surface area contributed by atoms with E-state index >= 15 is 0 Å². The van der Waals surface area contributed by atoms with E-state index in [-0.39, 0.29) is 36.3 Å². The number of halogens is 3. The summed E-state index contributed by atoms with van der Waals surface area (Å²) in [6.07, 6.45) is 1.18. The van der Waals surface area contributed by atoms with Gasteiger partial charge < -0.3 is 14.9 Å². The second kappa shape index (κ2) is 10.5. The molecule has 38 heavy (non-hydrogen) atoms. The maximum absolute atomic E-state index is 13.9. The van der Waals surface area contributed by atoms with Crippen molar-refractivity contribution >= 4 is 34.8 Å². The molecular formula is C25H23ClF2N4O6. The van der Waals surface area contributed by atoms with E-state index in [0.29, 0.717) is 23.0 Å². The van der Waals surface area contributed by atoms with E-state index < -0.39 is 41.2 Å². The van der Waals surface area contributed by atoms with Crippen LogP contribution in [0.2, 0.25) is 5.02 Å². The number of nitrogens with zero attached hydrogens (tertiary/aromatic N) is 4. The number of aliphatic hydroxyl groups excluding tert-OH is 1. The molecule has 0 spiro atoms. The fraction of sp³-hybridized carbons (Fsp3) is 0.280. The Morgan fingerprint density at radius 3 is 2.53 bits per heavy atom. The SMILES string of the molecule is CC(C)(O)C(=O)N1CN(C(=O)CO)c2ccc(Cn3cnc(OCc4ccc(F)cc4F)c(Cl)c3=O)cc21. The van der Waals surface area contributed by atoms with Gasteiger partial charge in [0.15, 0.2) is 5.02 Å². The Morgan fingerprint density at radius 2 is 1.87 bits per heavy atom. The zero-order chi connectivity index (χ0) is 27.8. The molecule has 3 aromatic rings. The fourth-order valence-electron chi connectivity index (χ4n) is 3.85. The average molecular weight is 549 g/mol. The number of amides is 2. The van der Waals surface area contributed by atoms with Crippen LogP contribution in [-0.4, -0.2) is 50.5 Å². The second-order valence-electron chi connectivity index (χ2n) is 9.06. The maximum Gasteiger partial charge on any atom is 0.276 e. The summed E-state index contributed by atoms with van der Waals surface area (Å²) in [5.74, 6) is -3.08. The Bertz CT molecular complexity index is 1470. The summed E-state index contributed by atoms with van der Waals surface area (Å²) in [5.41, 5.74) is -1.14. The topological polar surface area (TPSA) is 125 Å². The summed E-state index contributed by atoms with van der Waals surface area (Å²) >= 11 is 6.15. The zero-order valence-corrected chi connectivity index (χ0v) is 21.1. The first-order valence-electron chi connectivity index (χ1n) is 11.3. The number of fused-ring (bicyclic) bond motifs is 1. The molecule has 4 rings (SSSR count). The van der Waals surface area contributed by atoms with Gasteiger partial charge in [-0.1, -0.05) is 17.7 Å². The van der Waals surface area contributed by atoms with Crippen LogP contribution in [0.3, 0.4) is 0 Å². The number of anilines is 2. The molecule has 10 nitrogen and oxygen atoms in total. The minimum atomic E-state index is -1.73. The van der Waals surface area contributed by atoms with Gasteiger partial charge >= 0.3 is 0 Å². The number of rotatable bonds is 7. The van der Waals surface area contributed by atoms with E-state index in [1.807, 2.05) is 0 Å². The van der Waals surface area contributed by atoms with Gasteiger partial charge in [0.2, 0.25) is 5.88 Å². The molecule has 1 aliphatic rings. The van der Waals surface area contributed by atoms with Crippen molar-refractivity contribution in [1.82, 2.24) is 9.55 Å². The molecule has 0 saturated heterocycles. The molecule has 0 fully saturated rings. The molecule has 200 valence electrons. The van der Waals surface area contributed by atoms with Crippen LogP contribution in [0.15, 0.2) is 47.5 Å². The molecule has 2 heterocycles. The smallest absolute Gasteiger partial charge is 0.276 e. The summed E-state index contributed by atoms with van der Waals surface area (Å²) < 4.78 is 33.5. The third kappa shape index (κ3) is 5.37. The predicted molar refractivity (Wildman–Crippen MR) is 133 cm³/mol. The average Bonchev–Trinajstić information content (AvgIpc) is 3.24. The van der Waals surface area contributed by atoms with Crippen LogP contribution in [0.25, 0.3) is 0 Å². The van der Waals surface area contributed by atoms with E-state index in [0.717, 1.165) is 6.07 Å². The molecule has 0 saturated carbocycles. The highest BCUT2D eigenvalue weighted by Crippen LogP contribution is 2.38. The standard InChI is InChI=1S/C25H23ClF2N4O6/c1-25(2,37)24(36)32-13-31(20(34)10-33)18-6-3-14(7-19(18)32)9-30-12-29-22(21(26)23(30)35)38-11-15-4-5-16(27)8-17(15)28/h3-8,12,33,37H,9-11,13H2,1-2H3. The number of hydrogen-bond donors (Lipinski definition) is 2. The van der Waals surface area contributed by atoms with Crippen LogP contribution >= 0.6 is 11.6 Å². The summed E-state index contributed by atoms with van der Waals surface area (Å²) in [7, 11) is 0. The molecule has 0 bridgehead atoms. The van der Waals surface area contributed by atoms with E-state index in [2.05, 4.69) is 4.98 Å². The summed E-state index contributed by atoms with van der Waals surface area (Å²) in [6.45, 7) is 1.31. The van der Waals surface area contributed by atoms with Gasteiger partial charge in [-0.3, -0.25) is 28.8 Å². The van der Waals surface area contributed by atoms with Crippen molar-refractivity contribution in [3.05, 3.63) is 80.9 Å². The van der Waals surface area contributed by atoms with Gasteiger partial charge in [0.1, 0.15) is 43.4 Å². The van der Waals surface area contributed by atoms with Gasteiger partial charge in [-0.05, 0) is 43.7 Å². The van der Waals surface area contributed by atoms with Gasteiger partial charge in [0.25, 0.3) is 17.4 Å². The Balaban J connectivity index is 1.59. The number of ether oxygens (including phenoxy) is 1. The van der Waals surface area contributed by atoms with E-state index in [4.69, 9.17) is 16.3 Å². The zero-order valence-electron chi connectivity index (χ0n) is 20.3. The molecule has 1 aromatic heterocycles. The highest BCUT2D eigenvalue weighted by Gasteiger charge is 2.39. The highest BCUT2D eigenvalue weighted by atomic mass is 35.5. The first-order chi connectivity index (χ1) is 17.9. The van der Waals surface area contributed by atoms with Crippen molar-refractivity contribution in [2.24, 2.45) is 0 Å². The van der Waals surface area contributed by atoms with Crippen molar-refractivity contribution in [2.75, 3.05) is 23.1 Å². The van der Waals surface area contributed by atoms with Crippen LogP contribution in [0.1, 0.15) is 25.0 Å². The third-order valence-corrected chi connectivity index (χ3v) is 6.12. The van der Waals surface area contributed by atoms with E-state index in [1.165, 1.54) is 40.6 Å². The Morgan fingerprint density at radius 1 is 1.13 bits per heavy atom. The Hall–Kier alpha value is -3.87. The van der Waals surface area contributed by atoms with Crippen molar-refractivity contribution in [3.8, 4) is 5.88 Å². The van der Waals surface area contributed by atoms with Crippen LogP contribution in [0, 0.1) is 11.6 Å². The maximum atomic E-state index is 13.9. The van der Waals surface area contributed by atoms with Crippen LogP contribution < -0.4 is 20.1 Å². The van der Waals surface area contributed by atoms with Crippen LogP contribution in [0.5, 0.6) is 5.88 Å². The summed E-state index contributed by atoms with van der Waals surface area (Å²) in [4.78, 5) is 44.3. The molecule has 2 aromatic carbocycles. The third-order valence-electron chi connectivity index (χ3n) is 5.79. The van der Waals surface area contributed by atoms with Crippen molar-refractivity contribution in [2.45, 2.75) is 32.6 Å². The van der Waals surface area contributed by atoms with Crippen molar-refractivity contribution < 1.29 is 33.3 Å². The predicted octanol–water partition coefficient (Wildman–Crippen LogP) is 2.20. The largest absolute Gasteiger partial charge is 0.471 e. The quantitative estimate of drug-likeness (QED) is 0.464. The van der Waals surface area contributed by atoms with Gasteiger partial charge in [-0.25, -0.2) is 13.8 Å². The fourth-order valence-corrected chi connectivity index (χ4v) is 4.06. The lowest BCUT2D eigenvalue weighted by Gasteiger charge is -2.25. The van der Waals surface area contributed by atoms with Crippen LogP contribution in [-0.2, 0) is 22.7 Å². The summed E-state index contributed by atoms with van der Waals surface area (Å²) in [6, 6.07) is 7.74. The van der Waals surface area contributed by atoms with Gasteiger partial charge in [-0.2, -0.15) is 0 Å². The molecule has 0 unspecified atom stereocenters. The monoisotopic (exact) mass is 548 g/mol. The van der Waals surface area contributed by atoms with Crippen molar-refractivity contribution in [1.29, 1.82) is 0 Å². The van der Waals surface area contributed by atoms with Crippen molar-refractivity contribution in [3.63, 3.8) is 0 Å². The first-order valence-corrected chi connectivity index (χ1v) is 11.7. The van der Waals surface area contributed by atoms with Crippen LogP contribution in [0.4, 0.5) is 20.2 Å². The molecule has 0 atom stereocenters. The number of aromatic nitrogens is 2. The Labute approximate surface area is 220 Å². The normalized spacial score (nSPS) is 13.0. The molecule has 1 aliphatic heterocycles. The molecule has 13 heteroatoms. The van der Waals surface area contributed by atoms with Gasteiger partial charge in [0.05, 0.1) is 17.9 Å². The second-order valence-corrected chi connectivity index (χ2v) is 9.44. The van der Waals surface area contributed by atoms with E-state index in [1.54, 1.807) is 18.2 Å². The highest BCUT2D eigenvalue weighted by molar-refractivity contribution is 6.31. The number of benzene rings is 2. The first kappa shape index (κ1) is 27.2. The lowest BCUT2D eigenvalue weighted by atomic mass is 10.1. The van der Waals surface area contributed by atoms with Gasteiger partial charge in [0, 0.05) is 11.6 Å². The molecule has 2 N–H and O–H groups in total. The molecule has 0 radical (unpaired) electrons. The number of hydrogen-bond acceptors (Lipinski definition) is 7. The lowest BCUT2D eigenvalue weighted by molar-refractivity contribution is -0.133. The minimum Gasteiger partial charge on any atom is -0.471 e. The Kier molecular flexibility index (Phi) is 7.49. The minimum absolute atomic E-state index is 0.0236. The molecule has 2 amide bonds. The van der Waals surface area contributed by atoms with E-state index in [9.17, 15) is 33.4 Å². The molecular weight excluding hydrogens is 526 g/mol. The summed E-state index contributed by atoms with van der Waals surface area (Å²) in [5, 5.41) is 19.2. The number of carbonyl (C=O) groups is 2. The molecule has 0 aliphatic carbocycles. The number of aliphatic hydroxyl groups is 2.